The van der Waals surface area contributed by atoms with E-state index in [2.05, 4.69) is 6.07 Å². The van der Waals surface area contributed by atoms with Crippen LogP contribution in [0.5, 0.6) is 0 Å². The summed E-state index contributed by atoms with van der Waals surface area (Å²) in [5.41, 5.74) is 6.50. The minimum atomic E-state index is -0.383. The van der Waals surface area contributed by atoms with Crippen molar-refractivity contribution in [3.8, 4) is 0 Å². The summed E-state index contributed by atoms with van der Waals surface area (Å²) in [6, 6.07) is 7.92. The van der Waals surface area contributed by atoms with Gasteiger partial charge in [-0.05, 0) is 24.6 Å². The molecule has 0 saturated carbocycles. The number of carbonyl (C=O) groups is 1. The van der Waals surface area contributed by atoms with Gasteiger partial charge in [-0.15, -0.1) is 0 Å². The van der Waals surface area contributed by atoms with E-state index in [0.717, 1.165) is 5.56 Å². The van der Waals surface area contributed by atoms with Gasteiger partial charge in [0, 0.05) is 5.56 Å². The van der Waals surface area contributed by atoms with E-state index < -0.39 is 0 Å². The zero-order chi connectivity index (χ0) is 7.56. The average Bonchev–Trinajstić information content (AvgIpc) is 1.88. The second kappa shape index (κ2) is 2.52. The number of primary amides is 1. The van der Waals surface area contributed by atoms with Crippen molar-refractivity contribution >= 4 is 5.91 Å². The van der Waals surface area contributed by atoms with Crippen molar-refractivity contribution in [2.75, 3.05) is 0 Å². The van der Waals surface area contributed by atoms with Crippen LogP contribution < -0.4 is 5.73 Å². The van der Waals surface area contributed by atoms with Crippen LogP contribution in [0.3, 0.4) is 0 Å². The summed E-state index contributed by atoms with van der Waals surface area (Å²) in [6.07, 6.45) is 0. The van der Waals surface area contributed by atoms with Crippen molar-refractivity contribution in [2.24, 2.45) is 5.73 Å². The Morgan fingerprint density at radius 2 is 2.40 bits per heavy atom. The monoisotopic (exact) mass is 134 g/mol. The van der Waals surface area contributed by atoms with Gasteiger partial charge in [0.25, 0.3) is 0 Å². The molecular weight excluding hydrogens is 126 g/mol. The van der Waals surface area contributed by atoms with Gasteiger partial charge in [0.05, 0.1) is 0 Å². The molecule has 1 aromatic carbocycles. The second-order valence-electron chi connectivity index (χ2n) is 2.11. The Morgan fingerprint density at radius 3 is 2.80 bits per heavy atom. The molecule has 0 aliphatic rings. The molecule has 0 fully saturated rings. The highest BCUT2D eigenvalue weighted by molar-refractivity contribution is 5.94. The summed E-state index contributed by atoms with van der Waals surface area (Å²) in [7, 11) is 0. The lowest BCUT2D eigenvalue weighted by atomic mass is 10.1. The lowest BCUT2D eigenvalue weighted by Crippen LogP contribution is -2.12. The van der Waals surface area contributed by atoms with Gasteiger partial charge < -0.3 is 5.73 Å². The standard InChI is InChI=1S/C8H8NO/c1-6-4-2-3-5-7(6)8(9)10/h3-5H,1H3,(H2,9,10). The zero-order valence-electron chi connectivity index (χ0n) is 5.72. The maximum Gasteiger partial charge on any atom is 0.248 e. The molecule has 51 valence electrons. The first kappa shape index (κ1) is 6.81. The summed E-state index contributed by atoms with van der Waals surface area (Å²) in [5.74, 6) is -0.383. The highest BCUT2D eigenvalue weighted by Crippen LogP contribution is 2.03. The number of benzene rings is 1. The zero-order valence-corrected chi connectivity index (χ0v) is 5.72. The Morgan fingerprint density at radius 1 is 1.70 bits per heavy atom. The van der Waals surface area contributed by atoms with Crippen LogP contribution in [0.2, 0.25) is 0 Å². The predicted octanol–water partition coefficient (Wildman–Crippen LogP) is 0.894. The van der Waals surface area contributed by atoms with E-state index in [-0.39, 0.29) is 5.91 Å². The number of carbonyl (C=O) groups excluding carboxylic acids is 1. The molecule has 1 aromatic rings. The summed E-state index contributed by atoms with van der Waals surface area (Å²) in [6.45, 7) is 1.83. The Labute approximate surface area is 59.7 Å². The van der Waals surface area contributed by atoms with Gasteiger partial charge in [-0.3, -0.25) is 4.79 Å². The normalized spacial score (nSPS) is 9.30. The molecule has 10 heavy (non-hydrogen) atoms. The smallest absolute Gasteiger partial charge is 0.248 e. The van der Waals surface area contributed by atoms with Gasteiger partial charge >= 0.3 is 0 Å². The van der Waals surface area contributed by atoms with E-state index in [1.165, 1.54) is 0 Å². The lowest BCUT2D eigenvalue weighted by molar-refractivity contribution is 0.0999. The average molecular weight is 134 g/mol. The highest BCUT2D eigenvalue weighted by Gasteiger charge is 2.00. The molecule has 2 N–H and O–H groups in total. The van der Waals surface area contributed by atoms with E-state index in [1.807, 2.05) is 6.92 Å². The summed E-state index contributed by atoms with van der Waals surface area (Å²) in [5, 5.41) is 0. The molecule has 1 amide bonds. The molecule has 0 heterocycles. The van der Waals surface area contributed by atoms with E-state index in [1.54, 1.807) is 18.2 Å². The first-order valence-corrected chi connectivity index (χ1v) is 2.98. The van der Waals surface area contributed by atoms with Crippen LogP contribution in [0.25, 0.3) is 0 Å². The Bertz CT molecular complexity index is 255. The van der Waals surface area contributed by atoms with Crippen molar-refractivity contribution in [3.63, 3.8) is 0 Å². The fraction of sp³-hybridized carbons (Fsp3) is 0.125. The van der Waals surface area contributed by atoms with Crippen LogP contribution >= 0.6 is 0 Å². The van der Waals surface area contributed by atoms with Gasteiger partial charge in [-0.1, -0.05) is 12.1 Å². The van der Waals surface area contributed by atoms with Crippen LogP contribution in [-0.4, -0.2) is 5.91 Å². The molecule has 0 aliphatic heterocycles. The molecule has 1 rings (SSSR count). The van der Waals surface area contributed by atoms with Crippen LogP contribution in [0.1, 0.15) is 15.9 Å². The number of amides is 1. The van der Waals surface area contributed by atoms with Crippen molar-refractivity contribution < 1.29 is 4.79 Å². The highest BCUT2D eigenvalue weighted by atomic mass is 16.1. The number of nitrogens with two attached hydrogens (primary N) is 1. The third-order valence-corrected chi connectivity index (χ3v) is 1.34. The molecule has 0 aromatic heterocycles. The van der Waals surface area contributed by atoms with E-state index in [9.17, 15) is 4.79 Å². The largest absolute Gasteiger partial charge is 0.366 e. The van der Waals surface area contributed by atoms with Crippen LogP contribution in [0, 0.1) is 13.0 Å². The molecule has 0 unspecified atom stereocenters. The SMILES string of the molecule is Cc1c[c]ccc1C(N)=O. The first-order chi connectivity index (χ1) is 4.72. The molecule has 2 nitrogen and oxygen atoms in total. The summed E-state index contributed by atoms with van der Waals surface area (Å²) < 4.78 is 0. The van der Waals surface area contributed by atoms with Gasteiger partial charge in [-0.2, -0.15) is 0 Å². The lowest BCUT2D eigenvalue weighted by Gasteiger charge is -1.97. The van der Waals surface area contributed by atoms with E-state index >= 15 is 0 Å². The number of rotatable bonds is 1. The third-order valence-electron chi connectivity index (χ3n) is 1.34. The number of aryl methyl sites for hydroxylation is 1. The minimum Gasteiger partial charge on any atom is -0.366 e. The van der Waals surface area contributed by atoms with Crippen molar-refractivity contribution in [2.45, 2.75) is 6.92 Å². The van der Waals surface area contributed by atoms with Gasteiger partial charge in [0.1, 0.15) is 0 Å². The van der Waals surface area contributed by atoms with Crippen LogP contribution in [-0.2, 0) is 0 Å². The third kappa shape index (κ3) is 1.16. The van der Waals surface area contributed by atoms with E-state index in [0.29, 0.717) is 5.56 Å². The van der Waals surface area contributed by atoms with Crippen molar-refractivity contribution in [1.82, 2.24) is 0 Å². The van der Waals surface area contributed by atoms with Crippen molar-refractivity contribution in [3.05, 3.63) is 35.4 Å². The summed E-state index contributed by atoms with van der Waals surface area (Å²) in [4.78, 5) is 10.6. The van der Waals surface area contributed by atoms with Crippen LogP contribution in [0.15, 0.2) is 18.2 Å². The topological polar surface area (TPSA) is 43.1 Å². The van der Waals surface area contributed by atoms with Gasteiger partial charge in [0.2, 0.25) is 5.91 Å². The van der Waals surface area contributed by atoms with Crippen molar-refractivity contribution in [1.29, 1.82) is 0 Å². The molecule has 1 radical (unpaired) electrons. The Kier molecular flexibility index (Phi) is 1.71. The maximum absolute atomic E-state index is 10.6. The number of hydrogen-bond donors (Lipinski definition) is 1. The first-order valence-electron chi connectivity index (χ1n) is 2.98. The number of hydrogen-bond acceptors (Lipinski definition) is 1. The Hall–Kier alpha value is -1.31. The Balaban J connectivity index is 3.15. The maximum atomic E-state index is 10.6. The molecule has 0 bridgehead atoms. The summed E-state index contributed by atoms with van der Waals surface area (Å²) >= 11 is 0. The quantitative estimate of drug-likeness (QED) is 0.609. The van der Waals surface area contributed by atoms with Gasteiger partial charge in [-0.25, -0.2) is 0 Å². The van der Waals surface area contributed by atoms with E-state index in [4.69, 9.17) is 5.73 Å². The molecule has 0 spiro atoms. The second-order valence-corrected chi connectivity index (χ2v) is 2.11. The molecular formula is C8H8NO. The molecule has 2 heteroatoms. The van der Waals surface area contributed by atoms with Gasteiger partial charge in [0.15, 0.2) is 0 Å². The fourth-order valence-corrected chi connectivity index (χ4v) is 0.790. The molecule has 0 saturated heterocycles. The minimum absolute atomic E-state index is 0.383. The fourth-order valence-electron chi connectivity index (χ4n) is 0.790. The van der Waals surface area contributed by atoms with Crippen LogP contribution in [0.4, 0.5) is 0 Å². The molecule has 0 aliphatic carbocycles. The predicted molar refractivity (Wildman–Crippen MR) is 38.5 cm³/mol. The molecule has 0 atom stereocenters.